The van der Waals surface area contributed by atoms with Gasteiger partial charge in [0.05, 0.1) is 0 Å². The first-order valence-corrected chi connectivity index (χ1v) is 13.5. The van der Waals surface area contributed by atoms with E-state index in [2.05, 4.69) is 25.7 Å². The van der Waals surface area contributed by atoms with Crippen LogP contribution in [0.15, 0.2) is 0 Å². The SMILES string of the molecule is CCN(CC)CC.O=C([CH-]C(=O)C(F)(F)F)C(F)(F)F.O=C([CH-]C(=O)C(F)(F)F)C(F)(F)F.O=C([CH-]C(=O)C(F)(F)F)C(F)(F)F.O=C([CH-]C(=O)C(F)(F)F)C(F)(F)F.[Nd+3]. The van der Waals surface area contributed by atoms with Gasteiger partial charge in [-0.05, 0) is 19.6 Å². The van der Waals surface area contributed by atoms with Crippen LogP contribution < -0.4 is 0 Å². The van der Waals surface area contributed by atoms with Gasteiger partial charge in [0.1, 0.15) is 46.3 Å². The normalized spacial score (nSPS) is 12.0. The molecular formula is C26H19F24NNdO8-. The average molecular weight is 1070 g/mol. The van der Waals surface area contributed by atoms with Crippen LogP contribution >= 0.6 is 0 Å². The van der Waals surface area contributed by atoms with Crippen LogP contribution in [0, 0.1) is 66.5 Å². The Balaban J connectivity index is -0.000000153. The Kier molecular flexibility index (Phi) is 30.4. The number of hydrogen-bond acceptors (Lipinski definition) is 9. The molecule has 0 N–H and O–H groups in total. The largest absolute Gasteiger partial charge is 3.00 e. The third-order valence-corrected chi connectivity index (χ3v) is 4.63. The number of halogens is 24. The molecule has 0 aliphatic heterocycles. The Bertz CT molecular complexity index is 1110. The molecule has 0 aliphatic rings. The quantitative estimate of drug-likeness (QED) is 0.120. The molecular weight excluding hydrogens is 1050 g/mol. The molecule has 0 saturated heterocycles. The van der Waals surface area contributed by atoms with Crippen molar-refractivity contribution in [1.29, 1.82) is 0 Å². The fourth-order valence-corrected chi connectivity index (χ4v) is 1.80. The first-order valence-electron chi connectivity index (χ1n) is 13.5. The molecule has 60 heavy (non-hydrogen) atoms. The number of hydrogen-bond donors (Lipinski definition) is 0. The summed E-state index contributed by atoms with van der Waals surface area (Å²) in [5, 5.41) is 0. The molecule has 1 radical (unpaired) electrons. The van der Waals surface area contributed by atoms with Crippen LogP contribution in [0.4, 0.5) is 105 Å². The van der Waals surface area contributed by atoms with E-state index in [9.17, 15) is 144 Å². The van der Waals surface area contributed by atoms with Crippen molar-refractivity contribution in [3.8, 4) is 0 Å². The maximum absolute atomic E-state index is 11.3. The van der Waals surface area contributed by atoms with Crippen molar-refractivity contribution in [1.82, 2.24) is 4.90 Å². The molecule has 0 unspecified atom stereocenters. The molecule has 34 heteroatoms. The molecule has 0 saturated carbocycles. The fourth-order valence-electron chi connectivity index (χ4n) is 1.80. The number of carbonyl (C=O) groups is 8. The Morgan fingerprint density at radius 2 is 0.367 bits per heavy atom. The molecule has 0 aromatic carbocycles. The summed E-state index contributed by atoms with van der Waals surface area (Å²) in [4.78, 5) is 80.9. The number of nitrogens with zero attached hydrogens (tertiary/aromatic N) is 1. The van der Waals surface area contributed by atoms with Crippen molar-refractivity contribution >= 4 is 46.3 Å². The van der Waals surface area contributed by atoms with E-state index in [1.165, 1.54) is 19.6 Å². The summed E-state index contributed by atoms with van der Waals surface area (Å²) in [6, 6.07) is 0. The zero-order chi connectivity index (χ0) is 49.1. The van der Waals surface area contributed by atoms with E-state index in [1.54, 1.807) is 0 Å². The zero-order valence-electron chi connectivity index (χ0n) is 28.7. The van der Waals surface area contributed by atoms with Crippen molar-refractivity contribution in [3.63, 3.8) is 0 Å². The summed E-state index contributed by atoms with van der Waals surface area (Å²) < 4.78 is 271. The first kappa shape index (κ1) is 68.2. The van der Waals surface area contributed by atoms with Crippen LogP contribution in [0.5, 0.6) is 0 Å². The summed E-state index contributed by atoms with van der Waals surface area (Å²) in [6.45, 7) is 10.1. The minimum atomic E-state index is -5.46. The fraction of sp³-hybridized carbons (Fsp3) is 0.538. The van der Waals surface area contributed by atoms with Gasteiger partial charge in [0, 0.05) is 0 Å². The molecule has 0 aliphatic carbocycles. The van der Waals surface area contributed by atoms with Crippen molar-refractivity contribution in [3.05, 3.63) is 25.7 Å². The van der Waals surface area contributed by atoms with E-state index in [0.717, 1.165) is 0 Å². The number of alkyl halides is 24. The van der Waals surface area contributed by atoms with Gasteiger partial charge in [-0.25, -0.2) is 25.7 Å². The second kappa shape index (κ2) is 26.7. The molecule has 0 amide bonds. The molecule has 349 valence electrons. The minimum absolute atomic E-state index is 0. The third kappa shape index (κ3) is 35.2. The Morgan fingerprint density at radius 1 is 0.283 bits per heavy atom. The number of ketones is 8. The van der Waals surface area contributed by atoms with Crippen LogP contribution in [0.25, 0.3) is 0 Å². The molecule has 0 rings (SSSR count). The van der Waals surface area contributed by atoms with E-state index >= 15 is 0 Å². The van der Waals surface area contributed by atoms with Gasteiger partial charge in [-0.3, -0.25) is 0 Å². The summed E-state index contributed by atoms with van der Waals surface area (Å²) in [5.74, 6) is -22.6. The second-order valence-electron chi connectivity index (χ2n) is 9.09. The van der Waals surface area contributed by atoms with Gasteiger partial charge in [0.25, 0.3) is 0 Å². The second-order valence-corrected chi connectivity index (χ2v) is 9.09. The van der Waals surface area contributed by atoms with Crippen molar-refractivity contribution < 1.29 is 185 Å². The van der Waals surface area contributed by atoms with Gasteiger partial charge in [0.15, 0.2) is 0 Å². The molecule has 0 aromatic rings. The van der Waals surface area contributed by atoms with E-state index < -0.39 is 121 Å². The Labute approximate surface area is 350 Å². The van der Waals surface area contributed by atoms with Crippen LogP contribution in [-0.2, 0) is 38.4 Å². The topological polar surface area (TPSA) is 140 Å². The predicted octanol–water partition coefficient (Wildman–Crippen LogP) is 7.16. The van der Waals surface area contributed by atoms with Crippen LogP contribution in [-0.4, -0.2) is 120 Å². The molecule has 0 aromatic heterocycles. The smallest absolute Gasteiger partial charge is 0.324 e. The maximum atomic E-state index is 11.3. The summed E-state index contributed by atoms with van der Waals surface area (Å²) >= 11 is 0. The zero-order valence-corrected chi connectivity index (χ0v) is 31.9. The van der Waals surface area contributed by atoms with Gasteiger partial charge >= 0.3 is 90.2 Å². The first-order chi connectivity index (χ1) is 25.5. The standard InChI is InChI=1S/C6H15N.4C5HF6O2.Nd/c1-4-7(5-2)6-3;4*6-4(7,8)2(12)1-3(13)5(9,10)11;/h4-6H2,1-3H3;4*1H;/q;4*-1;+3. The van der Waals surface area contributed by atoms with Crippen LogP contribution in [0.1, 0.15) is 20.8 Å². The van der Waals surface area contributed by atoms with Crippen molar-refractivity contribution in [2.24, 2.45) is 0 Å². The van der Waals surface area contributed by atoms with Crippen LogP contribution in [0.2, 0.25) is 0 Å². The third-order valence-electron chi connectivity index (χ3n) is 4.63. The van der Waals surface area contributed by atoms with Crippen molar-refractivity contribution in [2.45, 2.75) is 70.2 Å². The van der Waals surface area contributed by atoms with Gasteiger partial charge in [-0.1, -0.05) is 20.8 Å². The summed E-state index contributed by atoms with van der Waals surface area (Å²) in [6.07, 6.45) is -47.8. The molecule has 0 heterocycles. The molecule has 0 bridgehead atoms. The molecule has 0 fully saturated rings. The van der Waals surface area contributed by atoms with E-state index in [0.29, 0.717) is 0 Å². The summed E-state index contributed by atoms with van der Waals surface area (Å²) in [7, 11) is 0. The number of rotatable bonds is 11. The summed E-state index contributed by atoms with van der Waals surface area (Å²) in [5.41, 5.74) is 0. The van der Waals surface area contributed by atoms with Crippen LogP contribution in [0.3, 0.4) is 0 Å². The number of carbonyl (C=O) groups excluding carboxylic acids is 8. The van der Waals surface area contributed by atoms with E-state index in [-0.39, 0.29) is 40.8 Å². The van der Waals surface area contributed by atoms with Gasteiger partial charge in [-0.2, -0.15) is 105 Å². The van der Waals surface area contributed by atoms with E-state index in [4.69, 9.17) is 0 Å². The van der Waals surface area contributed by atoms with Gasteiger partial charge < -0.3 is 43.3 Å². The Morgan fingerprint density at radius 3 is 0.400 bits per heavy atom. The average Bonchev–Trinajstić information content (AvgIpc) is 2.99. The predicted molar refractivity (Wildman–Crippen MR) is 139 cm³/mol. The number of Topliss-reactive ketones (excluding diaryl/α,β-unsaturated/α-hetero) is 8. The molecule has 9 nitrogen and oxygen atoms in total. The monoisotopic (exact) mass is 1070 g/mol. The molecule has 0 spiro atoms. The van der Waals surface area contributed by atoms with Gasteiger partial charge in [-0.15, -0.1) is 0 Å². The van der Waals surface area contributed by atoms with Gasteiger partial charge in [0.2, 0.25) is 0 Å². The Hall–Kier alpha value is -3.53. The van der Waals surface area contributed by atoms with Crippen molar-refractivity contribution in [2.75, 3.05) is 19.6 Å². The molecule has 0 atom stereocenters. The maximum Gasteiger partial charge on any atom is 3.00 e. The van der Waals surface area contributed by atoms with E-state index in [1.807, 2.05) is 0 Å². The minimum Gasteiger partial charge on any atom is -0.324 e.